The molecule has 1 aromatic heterocycles. The van der Waals surface area contributed by atoms with Gasteiger partial charge in [0.2, 0.25) is 0 Å². The number of nitrogens with two attached hydrogens (primary N) is 1. The van der Waals surface area contributed by atoms with Crippen LogP contribution in [0.15, 0.2) is 42.6 Å². The summed E-state index contributed by atoms with van der Waals surface area (Å²) < 4.78 is 0. The van der Waals surface area contributed by atoms with Crippen LogP contribution < -0.4 is 16.0 Å². The maximum absolute atomic E-state index is 12.1. The number of rotatable bonds is 4. The van der Waals surface area contributed by atoms with Crippen LogP contribution in [0.1, 0.15) is 28.8 Å². The van der Waals surface area contributed by atoms with Crippen molar-refractivity contribution in [1.29, 1.82) is 0 Å². The molecule has 1 aromatic carbocycles. The van der Waals surface area contributed by atoms with Gasteiger partial charge in [-0.2, -0.15) is 0 Å². The van der Waals surface area contributed by atoms with Gasteiger partial charge >= 0.3 is 0 Å². The maximum atomic E-state index is 12.1. The first-order valence-electron chi connectivity index (χ1n) is 7.56. The molecule has 5 heteroatoms. The molecule has 114 valence electrons. The van der Waals surface area contributed by atoms with Crippen LogP contribution in [0.2, 0.25) is 0 Å². The highest BCUT2D eigenvalue weighted by molar-refractivity contribution is 5.98. The van der Waals surface area contributed by atoms with Crippen molar-refractivity contribution < 1.29 is 4.79 Å². The fourth-order valence-electron chi connectivity index (χ4n) is 2.69. The number of amides is 1. The highest BCUT2D eigenvalue weighted by atomic mass is 16.1. The average Bonchev–Trinajstić information content (AvgIpc) is 3.08. The lowest BCUT2D eigenvalue weighted by molar-refractivity contribution is 0.0951. The predicted molar refractivity (Wildman–Crippen MR) is 87.7 cm³/mol. The number of anilines is 2. The molecule has 1 aliphatic rings. The Morgan fingerprint density at radius 3 is 2.59 bits per heavy atom. The summed E-state index contributed by atoms with van der Waals surface area (Å²) in [6, 6.07) is 11.7. The first-order chi connectivity index (χ1) is 10.7. The first kappa shape index (κ1) is 14.4. The molecule has 1 fully saturated rings. The predicted octanol–water partition coefficient (Wildman–Crippen LogP) is 2.19. The molecule has 5 nitrogen and oxygen atoms in total. The van der Waals surface area contributed by atoms with Crippen LogP contribution in [0.3, 0.4) is 0 Å². The lowest BCUT2D eigenvalue weighted by Gasteiger charge is -2.17. The molecule has 1 amide bonds. The van der Waals surface area contributed by atoms with Crippen molar-refractivity contribution in [2.75, 3.05) is 23.7 Å². The minimum Gasteiger partial charge on any atom is -0.383 e. The molecule has 3 N–H and O–H groups in total. The van der Waals surface area contributed by atoms with Gasteiger partial charge in [-0.1, -0.05) is 12.1 Å². The Bertz CT molecular complexity index is 648. The normalized spacial score (nSPS) is 14.1. The number of aromatic nitrogens is 1. The van der Waals surface area contributed by atoms with Crippen molar-refractivity contribution in [3.63, 3.8) is 0 Å². The second-order valence-corrected chi connectivity index (χ2v) is 5.48. The number of nitrogens with zero attached hydrogens (tertiary/aromatic N) is 2. The SMILES string of the molecule is Nc1ncccc1C(=O)NCc1ccc(N2CCCC2)cc1. The standard InChI is InChI=1S/C17H20N4O/c18-16-15(4-3-9-19-16)17(22)20-12-13-5-7-14(8-6-13)21-10-1-2-11-21/h3-9H,1-2,10-12H2,(H2,18,19)(H,20,22). The molecule has 0 aliphatic carbocycles. The number of carbonyl (C=O) groups is 1. The number of pyridine rings is 1. The fourth-order valence-corrected chi connectivity index (χ4v) is 2.69. The summed E-state index contributed by atoms with van der Waals surface area (Å²) in [6.07, 6.45) is 4.11. The largest absolute Gasteiger partial charge is 0.383 e. The molecule has 0 saturated carbocycles. The zero-order valence-electron chi connectivity index (χ0n) is 12.5. The Morgan fingerprint density at radius 2 is 1.91 bits per heavy atom. The van der Waals surface area contributed by atoms with E-state index in [2.05, 4.69) is 39.5 Å². The number of hydrogen-bond donors (Lipinski definition) is 2. The maximum Gasteiger partial charge on any atom is 0.255 e. The van der Waals surface area contributed by atoms with E-state index < -0.39 is 0 Å². The van der Waals surface area contributed by atoms with Gasteiger partial charge in [-0.25, -0.2) is 4.98 Å². The number of carbonyl (C=O) groups excluding carboxylic acids is 1. The Kier molecular flexibility index (Phi) is 4.23. The molecule has 1 aliphatic heterocycles. The van der Waals surface area contributed by atoms with E-state index in [1.54, 1.807) is 18.3 Å². The monoisotopic (exact) mass is 296 g/mol. The van der Waals surface area contributed by atoms with Crippen molar-refractivity contribution >= 4 is 17.4 Å². The Balaban J connectivity index is 1.59. The number of nitrogen functional groups attached to an aromatic ring is 1. The van der Waals surface area contributed by atoms with Gasteiger partial charge in [0.1, 0.15) is 5.82 Å². The summed E-state index contributed by atoms with van der Waals surface area (Å²) in [7, 11) is 0. The highest BCUT2D eigenvalue weighted by Gasteiger charge is 2.12. The average molecular weight is 296 g/mol. The molecular formula is C17H20N4O. The van der Waals surface area contributed by atoms with Crippen molar-refractivity contribution in [2.24, 2.45) is 0 Å². The van der Waals surface area contributed by atoms with Crippen LogP contribution in [0, 0.1) is 0 Å². The van der Waals surface area contributed by atoms with E-state index in [1.807, 2.05) is 0 Å². The van der Waals surface area contributed by atoms with Crippen molar-refractivity contribution in [2.45, 2.75) is 19.4 Å². The lowest BCUT2D eigenvalue weighted by Crippen LogP contribution is -2.24. The molecule has 2 aromatic rings. The summed E-state index contributed by atoms with van der Waals surface area (Å²) in [5, 5.41) is 2.87. The summed E-state index contributed by atoms with van der Waals surface area (Å²) in [6.45, 7) is 2.75. The fraction of sp³-hybridized carbons (Fsp3) is 0.294. The van der Waals surface area contributed by atoms with Gasteiger partial charge in [-0.15, -0.1) is 0 Å². The Labute approximate surface area is 130 Å². The van der Waals surface area contributed by atoms with E-state index in [4.69, 9.17) is 5.73 Å². The van der Waals surface area contributed by atoms with E-state index in [-0.39, 0.29) is 11.7 Å². The lowest BCUT2D eigenvalue weighted by atomic mass is 10.2. The van der Waals surface area contributed by atoms with E-state index in [0.29, 0.717) is 12.1 Å². The third kappa shape index (κ3) is 3.19. The van der Waals surface area contributed by atoms with Crippen molar-refractivity contribution in [3.05, 3.63) is 53.7 Å². The second-order valence-electron chi connectivity index (χ2n) is 5.48. The van der Waals surface area contributed by atoms with Crippen LogP contribution >= 0.6 is 0 Å². The number of benzene rings is 1. The Morgan fingerprint density at radius 1 is 1.18 bits per heavy atom. The van der Waals surface area contributed by atoms with Crippen LogP contribution in [0.4, 0.5) is 11.5 Å². The molecule has 1 saturated heterocycles. The Hall–Kier alpha value is -2.56. The third-order valence-electron chi connectivity index (χ3n) is 3.94. The van der Waals surface area contributed by atoms with Crippen molar-refractivity contribution in [3.8, 4) is 0 Å². The summed E-state index contributed by atoms with van der Waals surface area (Å²) in [4.78, 5) is 18.4. The minimum absolute atomic E-state index is 0.200. The van der Waals surface area contributed by atoms with Crippen LogP contribution in [0.5, 0.6) is 0 Å². The van der Waals surface area contributed by atoms with Gasteiger partial charge in [-0.3, -0.25) is 4.79 Å². The zero-order valence-corrected chi connectivity index (χ0v) is 12.5. The molecule has 0 unspecified atom stereocenters. The van der Waals surface area contributed by atoms with Gasteiger partial charge in [0.05, 0.1) is 5.56 Å². The van der Waals surface area contributed by atoms with Gasteiger partial charge < -0.3 is 16.0 Å². The van der Waals surface area contributed by atoms with Crippen LogP contribution in [-0.4, -0.2) is 24.0 Å². The minimum atomic E-state index is -0.200. The molecule has 22 heavy (non-hydrogen) atoms. The summed E-state index contributed by atoms with van der Waals surface area (Å²) >= 11 is 0. The third-order valence-corrected chi connectivity index (χ3v) is 3.94. The molecule has 0 radical (unpaired) electrons. The van der Waals surface area contributed by atoms with Gasteiger partial charge in [0.15, 0.2) is 0 Å². The molecule has 2 heterocycles. The van der Waals surface area contributed by atoms with Gasteiger partial charge in [0.25, 0.3) is 5.91 Å². The molecule has 0 bridgehead atoms. The molecule has 0 spiro atoms. The second kappa shape index (κ2) is 6.47. The van der Waals surface area contributed by atoms with E-state index in [9.17, 15) is 4.79 Å². The van der Waals surface area contributed by atoms with Crippen LogP contribution in [-0.2, 0) is 6.54 Å². The van der Waals surface area contributed by atoms with Crippen LogP contribution in [0.25, 0.3) is 0 Å². The molecule has 0 atom stereocenters. The van der Waals surface area contributed by atoms with Gasteiger partial charge in [0, 0.05) is 31.5 Å². The van der Waals surface area contributed by atoms with E-state index in [1.165, 1.54) is 18.5 Å². The number of hydrogen-bond acceptors (Lipinski definition) is 4. The highest BCUT2D eigenvalue weighted by Crippen LogP contribution is 2.20. The number of nitrogens with one attached hydrogen (secondary N) is 1. The first-order valence-corrected chi connectivity index (χ1v) is 7.56. The summed E-state index contributed by atoms with van der Waals surface area (Å²) in [5.74, 6) is 0.0543. The van der Waals surface area contributed by atoms with Gasteiger partial charge in [-0.05, 0) is 42.7 Å². The van der Waals surface area contributed by atoms with Crippen molar-refractivity contribution in [1.82, 2.24) is 10.3 Å². The molecule has 3 rings (SSSR count). The quantitative estimate of drug-likeness (QED) is 0.907. The zero-order chi connectivity index (χ0) is 15.4. The smallest absolute Gasteiger partial charge is 0.255 e. The topological polar surface area (TPSA) is 71.2 Å². The van der Waals surface area contributed by atoms with E-state index >= 15 is 0 Å². The van der Waals surface area contributed by atoms with E-state index in [0.717, 1.165) is 18.7 Å². The summed E-state index contributed by atoms with van der Waals surface area (Å²) in [5.41, 5.74) is 8.44. The molecular weight excluding hydrogens is 276 g/mol.